The average molecular weight is 297 g/mol. The molecule has 0 saturated heterocycles. The molecular formula is C17H19N3O2. The van der Waals surface area contributed by atoms with Crippen LogP contribution in [0, 0.1) is 6.92 Å². The van der Waals surface area contributed by atoms with Gasteiger partial charge in [-0.05, 0) is 24.5 Å². The zero-order valence-corrected chi connectivity index (χ0v) is 12.6. The molecule has 1 N–H and O–H groups in total. The summed E-state index contributed by atoms with van der Waals surface area (Å²) < 4.78 is 5.08. The Hall–Kier alpha value is -2.43. The van der Waals surface area contributed by atoms with E-state index in [2.05, 4.69) is 15.5 Å². The van der Waals surface area contributed by atoms with Crippen molar-refractivity contribution >= 4 is 12.0 Å². The lowest BCUT2D eigenvalue weighted by Crippen LogP contribution is -2.44. The van der Waals surface area contributed by atoms with Crippen molar-refractivity contribution in [3.63, 3.8) is 0 Å². The third-order valence-electron chi connectivity index (χ3n) is 4.00. The summed E-state index contributed by atoms with van der Waals surface area (Å²) in [7, 11) is 0. The molecule has 3 rings (SSSR count). The summed E-state index contributed by atoms with van der Waals surface area (Å²) in [5.74, 6) is 0.979. The summed E-state index contributed by atoms with van der Waals surface area (Å²) >= 11 is 0. The molecule has 2 aromatic rings. The van der Waals surface area contributed by atoms with Crippen molar-refractivity contribution in [1.29, 1.82) is 0 Å². The standard InChI is InChI=1S/C17H19N3O2/c1-13-18-16(20-22-13)17(11-5-6-12-17)19-15(21)10-9-14-7-3-2-4-8-14/h2-4,7-10H,5-6,11-12H2,1H3,(H,19,21). The number of aryl methyl sites for hydroxylation is 1. The van der Waals surface area contributed by atoms with Crippen LogP contribution in [-0.2, 0) is 10.3 Å². The topological polar surface area (TPSA) is 68.0 Å². The van der Waals surface area contributed by atoms with Gasteiger partial charge in [-0.25, -0.2) is 0 Å². The van der Waals surface area contributed by atoms with Gasteiger partial charge in [-0.2, -0.15) is 4.98 Å². The summed E-state index contributed by atoms with van der Waals surface area (Å²) in [6.07, 6.45) is 7.15. The van der Waals surface area contributed by atoms with Crippen LogP contribution in [0.3, 0.4) is 0 Å². The first-order valence-electron chi connectivity index (χ1n) is 7.54. The van der Waals surface area contributed by atoms with Crippen molar-refractivity contribution in [2.24, 2.45) is 0 Å². The van der Waals surface area contributed by atoms with Gasteiger partial charge in [-0.15, -0.1) is 0 Å². The fourth-order valence-electron chi connectivity index (χ4n) is 2.89. The van der Waals surface area contributed by atoms with Crippen LogP contribution >= 0.6 is 0 Å². The van der Waals surface area contributed by atoms with Crippen molar-refractivity contribution in [3.8, 4) is 0 Å². The highest BCUT2D eigenvalue weighted by atomic mass is 16.5. The van der Waals surface area contributed by atoms with E-state index in [1.165, 1.54) is 0 Å². The quantitative estimate of drug-likeness (QED) is 0.881. The number of carbonyl (C=O) groups excluding carboxylic acids is 1. The predicted molar refractivity (Wildman–Crippen MR) is 82.8 cm³/mol. The number of hydrogen-bond donors (Lipinski definition) is 1. The average Bonchev–Trinajstić information content (AvgIpc) is 3.16. The second-order valence-corrected chi connectivity index (χ2v) is 5.66. The summed E-state index contributed by atoms with van der Waals surface area (Å²) in [5, 5.41) is 7.10. The molecule has 1 aliphatic rings. The molecule has 1 aromatic heterocycles. The lowest BCUT2D eigenvalue weighted by Gasteiger charge is -2.25. The molecule has 1 saturated carbocycles. The van der Waals surface area contributed by atoms with Gasteiger partial charge in [0.1, 0.15) is 5.54 Å². The maximum Gasteiger partial charge on any atom is 0.244 e. The summed E-state index contributed by atoms with van der Waals surface area (Å²) in [5.41, 5.74) is 0.504. The van der Waals surface area contributed by atoms with E-state index in [1.54, 1.807) is 19.1 Å². The van der Waals surface area contributed by atoms with Gasteiger partial charge >= 0.3 is 0 Å². The third-order valence-corrected chi connectivity index (χ3v) is 4.00. The molecule has 0 radical (unpaired) electrons. The van der Waals surface area contributed by atoms with Crippen LogP contribution in [-0.4, -0.2) is 16.0 Å². The molecule has 0 aliphatic heterocycles. The second-order valence-electron chi connectivity index (χ2n) is 5.66. The van der Waals surface area contributed by atoms with Gasteiger partial charge < -0.3 is 9.84 Å². The summed E-state index contributed by atoms with van der Waals surface area (Å²) in [6.45, 7) is 1.76. The third kappa shape index (κ3) is 3.08. The Bertz CT molecular complexity index is 670. The molecule has 1 amide bonds. The van der Waals surface area contributed by atoms with Crippen LogP contribution in [0.2, 0.25) is 0 Å². The highest BCUT2D eigenvalue weighted by Gasteiger charge is 2.40. The number of rotatable bonds is 4. The number of amides is 1. The van der Waals surface area contributed by atoms with Crippen LogP contribution in [0.15, 0.2) is 40.9 Å². The predicted octanol–water partition coefficient (Wildman–Crippen LogP) is 2.98. The molecule has 22 heavy (non-hydrogen) atoms. The number of aromatic nitrogens is 2. The molecule has 1 heterocycles. The summed E-state index contributed by atoms with van der Waals surface area (Å²) in [4.78, 5) is 16.6. The van der Waals surface area contributed by atoms with Gasteiger partial charge in [0, 0.05) is 13.0 Å². The minimum atomic E-state index is -0.490. The largest absolute Gasteiger partial charge is 0.340 e. The van der Waals surface area contributed by atoms with E-state index in [9.17, 15) is 4.79 Å². The van der Waals surface area contributed by atoms with Gasteiger partial charge in [0.05, 0.1) is 0 Å². The molecule has 5 nitrogen and oxygen atoms in total. The summed E-state index contributed by atoms with van der Waals surface area (Å²) in [6, 6.07) is 9.75. The van der Waals surface area contributed by atoms with E-state index in [1.807, 2.05) is 30.3 Å². The minimum Gasteiger partial charge on any atom is -0.340 e. The highest BCUT2D eigenvalue weighted by Crippen LogP contribution is 2.37. The first-order valence-corrected chi connectivity index (χ1v) is 7.54. The Balaban J connectivity index is 1.74. The fourth-order valence-corrected chi connectivity index (χ4v) is 2.89. The van der Waals surface area contributed by atoms with Crippen LogP contribution in [0.4, 0.5) is 0 Å². The molecule has 1 aliphatic carbocycles. The highest BCUT2D eigenvalue weighted by molar-refractivity contribution is 5.92. The van der Waals surface area contributed by atoms with Gasteiger partial charge in [0.2, 0.25) is 11.8 Å². The van der Waals surface area contributed by atoms with Crippen molar-refractivity contribution in [1.82, 2.24) is 15.5 Å². The Morgan fingerprint density at radius 3 is 2.64 bits per heavy atom. The SMILES string of the molecule is Cc1nc(C2(NC(=O)C=Cc3ccccc3)CCCC2)no1. The van der Waals surface area contributed by atoms with Crippen LogP contribution in [0.25, 0.3) is 6.08 Å². The van der Waals surface area contributed by atoms with E-state index in [-0.39, 0.29) is 5.91 Å². The molecule has 114 valence electrons. The lowest BCUT2D eigenvalue weighted by molar-refractivity contribution is -0.118. The molecule has 0 spiro atoms. The number of nitrogens with one attached hydrogen (secondary N) is 1. The van der Waals surface area contributed by atoms with Crippen molar-refractivity contribution < 1.29 is 9.32 Å². The van der Waals surface area contributed by atoms with Crippen molar-refractivity contribution in [2.45, 2.75) is 38.1 Å². The number of carbonyl (C=O) groups is 1. The van der Waals surface area contributed by atoms with E-state index < -0.39 is 5.54 Å². The minimum absolute atomic E-state index is 0.131. The maximum absolute atomic E-state index is 12.3. The molecule has 5 heteroatoms. The van der Waals surface area contributed by atoms with Crippen molar-refractivity contribution in [3.05, 3.63) is 53.7 Å². The molecule has 0 atom stereocenters. The normalized spacial score (nSPS) is 17.0. The maximum atomic E-state index is 12.3. The molecular weight excluding hydrogens is 278 g/mol. The van der Waals surface area contributed by atoms with Gasteiger partial charge in [0.25, 0.3) is 0 Å². The van der Waals surface area contributed by atoms with E-state index in [0.717, 1.165) is 31.2 Å². The lowest BCUT2D eigenvalue weighted by atomic mass is 9.96. The van der Waals surface area contributed by atoms with Crippen LogP contribution < -0.4 is 5.32 Å². The van der Waals surface area contributed by atoms with Crippen LogP contribution in [0.5, 0.6) is 0 Å². The molecule has 1 fully saturated rings. The van der Waals surface area contributed by atoms with Crippen LogP contribution in [0.1, 0.15) is 43.0 Å². The molecule has 0 bridgehead atoms. The van der Waals surface area contributed by atoms with Gasteiger partial charge in [-0.1, -0.05) is 48.3 Å². The molecule has 0 unspecified atom stereocenters. The second kappa shape index (κ2) is 6.13. The van der Waals surface area contributed by atoms with E-state index in [0.29, 0.717) is 11.7 Å². The number of nitrogens with zero attached hydrogens (tertiary/aromatic N) is 2. The smallest absolute Gasteiger partial charge is 0.244 e. The number of hydrogen-bond acceptors (Lipinski definition) is 4. The fraction of sp³-hybridized carbons (Fsp3) is 0.353. The Morgan fingerprint density at radius 2 is 2.00 bits per heavy atom. The van der Waals surface area contributed by atoms with E-state index >= 15 is 0 Å². The Labute approximate surface area is 129 Å². The number of benzene rings is 1. The van der Waals surface area contributed by atoms with Crippen molar-refractivity contribution in [2.75, 3.05) is 0 Å². The van der Waals surface area contributed by atoms with E-state index in [4.69, 9.17) is 4.52 Å². The Kier molecular flexibility index (Phi) is 4.04. The van der Waals surface area contributed by atoms with Gasteiger partial charge in [-0.3, -0.25) is 4.79 Å². The molecule has 1 aromatic carbocycles. The monoisotopic (exact) mass is 297 g/mol. The zero-order chi connectivity index (χ0) is 15.4. The first-order chi connectivity index (χ1) is 10.7. The first kappa shape index (κ1) is 14.5. The zero-order valence-electron chi connectivity index (χ0n) is 12.6. The van der Waals surface area contributed by atoms with Gasteiger partial charge in [0.15, 0.2) is 5.82 Å². The Morgan fingerprint density at radius 1 is 1.27 bits per heavy atom.